The van der Waals surface area contributed by atoms with E-state index in [2.05, 4.69) is 6.58 Å². The molecule has 0 fully saturated rings. The van der Waals surface area contributed by atoms with E-state index in [1.54, 1.807) is 12.1 Å². The van der Waals surface area contributed by atoms with Crippen LogP contribution in [0.2, 0.25) is 0 Å². The van der Waals surface area contributed by atoms with Crippen molar-refractivity contribution in [1.82, 2.24) is 0 Å². The number of primary sulfonamides is 1. The van der Waals surface area contributed by atoms with E-state index < -0.39 is 16.0 Å². The molecule has 0 atom stereocenters. The Bertz CT molecular complexity index is 826. The molecule has 0 aromatic heterocycles. The lowest BCUT2D eigenvalue weighted by Gasteiger charge is -2.11. The summed E-state index contributed by atoms with van der Waals surface area (Å²) in [6.45, 7) is 3.29. The van der Waals surface area contributed by atoms with E-state index >= 15 is 0 Å². The minimum Gasteiger partial charge on any atom is -0.504 e. The molecular weight excluding hydrogens is 306 g/mol. The van der Waals surface area contributed by atoms with E-state index in [0.29, 0.717) is 11.1 Å². The van der Waals surface area contributed by atoms with E-state index in [4.69, 9.17) is 9.88 Å². The second-order valence-corrected chi connectivity index (χ2v) is 5.91. The lowest BCUT2D eigenvalue weighted by atomic mass is 10.0. The quantitative estimate of drug-likeness (QED) is 0.507. The molecule has 0 radical (unpaired) electrons. The van der Waals surface area contributed by atoms with Crippen molar-refractivity contribution in [2.45, 2.75) is 4.90 Å². The number of phenols is 1. The maximum Gasteiger partial charge on any atom is 0.335 e. The van der Waals surface area contributed by atoms with Crippen LogP contribution >= 0.6 is 0 Å². The Morgan fingerprint density at radius 3 is 2.36 bits per heavy atom. The van der Waals surface area contributed by atoms with Crippen molar-refractivity contribution in [3.8, 4) is 22.6 Å². The number of carbonyl (C=O) groups excluding carboxylic acids is 1. The Kier molecular flexibility index (Phi) is 4.30. The highest BCUT2D eigenvalue weighted by Crippen LogP contribution is 2.37. The molecule has 0 aliphatic carbocycles. The van der Waals surface area contributed by atoms with Crippen LogP contribution in [0.25, 0.3) is 11.1 Å². The van der Waals surface area contributed by atoms with Crippen molar-refractivity contribution in [3.63, 3.8) is 0 Å². The molecule has 0 saturated carbocycles. The van der Waals surface area contributed by atoms with Gasteiger partial charge in [-0.1, -0.05) is 30.8 Å². The summed E-state index contributed by atoms with van der Waals surface area (Å²) >= 11 is 0. The number of carbonyl (C=O) groups is 1. The van der Waals surface area contributed by atoms with Gasteiger partial charge in [-0.2, -0.15) is 0 Å². The maximum absolute atomic E-state index is 11.4. The Morgan fingerprint density at radius 2 is 1.82 bits per heavy atom. The first-order valence-electron chi connectivity index (χ1n) is 6.12. The molecule has 0 unspecified atom stereocenters. The van der Waals surface area contributed by atoms with Crippen LogP contribution < -0.4 is 9.88 Å². The molecule has 6 nitrogen and oxygen atoms in total. The molecule has 3 N–H and O–H groups in total. The number of esters is 1. The molecule has 0 bridgehead atoms. The van der Waals surface area contributed by atoms with Crippen LogP contribution in [0.4, 0.5) is 0 Å². The van der Waals surface area contributed by atoms with E-state index in [0.717, 1.165) is 6.08 Å². The minimum absolute atomic E-state index is 0.0317. The number of rotatable bonds is 4. The van der Waals surface area contributed by atoms with Gasteiger partial charge in [0.1, 0.15) is 0 Å². The van der Waals surface area contributed by atoms with Gasteiger partial charge in [-0.05, 0) is 23.8 Å². The van der Waals surface area contributed by atoms with E-state index in [1.807, 2.05) is 0 Å². The summed E-state index contributed by atoms with van der Waals surface area (Å²) in [6.07, 6.45) is 0.973. The summed E-state index contributed by atoms with van der Waals surface area (Å²) in [7, 11) is -3.79. The number of ether oxygens (including phenoxy) is 1. The summed E-state index contributed by atoms with van der Waals surface area (Å²) in [5.74, 6) is -0.970. The number of benzene rings is 2. The van der Waals surface area contributed by atoms with Crippen LogP contribution in [0.15, 0.2) is 60.0 Å². The smallest absolute Gasteiger partial charge is 0.335 e. The van der Waals surface area contributed by atoms with Crippen molar-refractivity contribution < 1.29 is 23.1 Å². The highest BCUT2D eigenvalue weighted by Gasteiger charge is 2.15. The summed E-state index contributed by atoms with van der Waals surface area (Å²) in [6, 6.07) is 10.2. The Morgan fingerprint density at radius 1 is 1.18 bits per heavy atom. The highest BCUT2D eigenvalue weighted by molar-refractivity contribution is 7.89. The Labute approximate surface area is 127 Å². The fraction of sp³-hybridized carbons (Fsp3) is 0. The summed E-state index contributed by atoms with van der Waals surface area (Å²) in [5.41, 5.74) is 0.978. The van der Waals surface area contributed by atoms with Crippen LogP contribution in [-0.4, -0.2) is 19.5 Å². The minimum atomic E-state index is -3.79. The van der Waals surface area contributed by atoms with Gasteiger partial charge < -0.3 is 9.84 Å². The van der Waals surface area contributed by atoms with Gasteiger partial charge in [-0.25, -0.2) is 18.4 Å². The fourth-order valence-electron chi connectivity index (χ4n) is 1.83. The summed E-state index contributed by atoms with van der Waals surface area (Å²) < 4.78 is 27.5. The molecule has 0 heterocycles. The van der Waals surface area contributed by atoms with Gasteiger partial charge in [0.15, 0.2) is 11.5 Å². The summed E-state index contributed by atoms with van der Waals surface area (Å²) in [4.78, 5) is 11.3. The molecule has 0 amide bonds. The van der Waals surface area contributed by atoms with Crippen molar-refractivity contribution in [1.29, 1.82) is 0 Å². The number of hydrogen-bond donors (Lipinski definition) is 2. The molecule has 0 spiro atoms. The van der Waals surface area contributed by atoms with Gasteiger partial charge in [0.05, 0.1) is 4.90 Å². The molecule has 0 saturated heterocycles. The van der Waals surface area contributed by atoms with Gasteiger partial charge in [-0.3, -0.25) is 0 Å². The standard InChI is InChI=1S/C15H13NO5S/c1-2-14(18)21-15-12(4-3-5-13(15)17)10-6-8-11(9-7-10)22(16,19)20/h2-9,17H,1H2,(H2,16,19,20). The molecule has 2 aromatic rings. The third kappa shape index (κ3) is 3.33. The Hall–Kier alpha value is -2.64. The molecule has 7 heteroatoms. The molecule has 2 rings (SSSR count). The number of hydrogen-bond acceptors (Lipinski definition) is 5. The van der Waals surface area contributed by atoms with E-state index in [9.17, 15) is 18.3 Å². The zero-order chi connectivity index (χ0) is 16.3. The van der Waals surface area contributed by atoms with Crippen LogP contribution in [0.5, 0.6) is 11.5 Å². The van der Waals surface area contributed by atoms with Crippen LogP contribution in [0, 0.1) is 0 Å². The average molecular weight is 319 g/mol. The number of aromatic hydroxyl groups is 1. The third-order valence-corrected chi connectivity index (χ3v) is 3.79. The number of phenolic OH excluding ortho intramolecular Hbond substituents is 1. The SMILES string of the molecule is C=CC(=O)Oc1c(O)cccc1-c1ccc(S(N)(=O)=O)cc1. The van der Waals surface area contributed by atoms with Gasteiger partial charge in [0.2, 0.25) is 10.0 Å². The van der Waals surface area contributed by atoms with Gasteiger partial charge in [0, 0.05) is 11.6 Å². The topological polar surface area (TPSA) is 107 Å². The third-order valence-electron chi connectivity index (χ3n) is 2.86. The highest BCUT2D eigenvalue weighted by atomic mass is 32.2. The normalized spacial score (nSPS) is 11.0. The fourth-order valence-corrected chi connectivity index (χ4v) is 2.34. The van der Waals surface area contributed by atoms with Gasteiger partial charge >= 0.3 is 5.97 Å². The van der Waals surface area contributed by atoms with E-state index in [-0.39, 0.29) is 16.4 Å². The molecule has 0 aliphatic heterocycles. The van der Waals surface area contributed by atoms with Crippen LogP contribution in [0.3, 0.4) is 0 Å². The largest absolute Gasteiger partial charge is 0.504 e. The first-order valence-corrected chi connectivity index (χ1v) is 7.67. The van der Waals surface area contributed by atoms with Gasteiger partial charge in [-0.15, -0.1) is 0 Å². The second-order valence-electron chi connectivity index (χ2n) is 4.35. The average Bonchev–Trinajstić information content (AvgIpc) is 2.48. The molecule has 0 aliphatic rings. The predicted octanol–water partition coefficient (Wildman–Crippen LogP) is 1.80. The molecule has 22 heavy (non-hydrogen) atoms. The number of para-hydroxylation sites is 1. The monoisotopic (exact) mass is 319 g/mol. The van der Waals surface area contributed by atoms with Gasteiger partial charge in [0.25, 0.3) is 0 Å². The first kappa shape index (κ1) is 15.7. The maximum atomic E-state index is 11.4. The molecule has 114 valence electrons. The lowest BCUT2D eigenvalue weighted by molar-refractivity contribution is -0.129. The zero-order valence-electron chi connectivity index (χ0n) is 11.4. The van der Waals surface area contributed by atoms with Crippen molar-refractivity contribution in [2.24, 2.45) is 5.14 Å². The first-order chi connectivity index (χ1) is 10.3. The number of nitrogens with two attached hydrogens (primary N) is 1. The summed E-state index contributed by atoms with van der Waals surface area (Å²) in [5, 5.41) is 14.9. The lowest BCUT2D eigenvalue weighted by Crippen LogP contribution is -2.11. The molecule has 2 aromatic carbocycles. The Balaban J connectivity index is 2.51. The van der Waals surface area contributed by atoms with Crippen molar-refractivity contribution >= 4 is 16.0 Å². The second kappa shape index (κ2) is 6.00. The number of sulfonamides is 1. The zero-order valence-corrected chi connectivity index (χ0v) is 12.2. The van der Waals surface area contributed by atoms with E-state index in [1.165, 1.54) is 30.3 Å². The molecular formula is C15H13NO5S. The predicted molar refractivity (Wildman–Crippen MR) is 80.7 cm³/mol. The van der Waals surface area contributed by atoms with Crippen LogP contribution in [-0.2, 0) is 14.8 Å². The van der Waals surface area contributed by atoms with Crippen LogP contribution in [0.1, 0.15) is 0 Å². The van der Waals surface area contributed by atoms with Crippen molar-refractivity contribution in [3.05, 3.63) is 55.1 Å². The van der Waals surface area contributed by atoms with Crippen molar-refractivity contribution in [2.75, 3.05) is 0 Å².